The molecule has 1 aromatic carbocycles. The number of carbonyl (C=O) groups excluding carboxylic acids is 3. The predicted molar refractivity (Wildman–Crippen MR) is 122 cm³/mol. The van der Waals surface area contributed by atoms with Crippen molar-refractivity contribution < 1.29 is 14.4 Å². The average molecular weight is 435 g/mol. The van der Waals surface area contributed by atoms with Gasteiger partial charge in [0.25, 0.3) is 5.91 Å². The van der Waals surface area contributed by atoms with Crippen LogP contribution in [0.4, 0.5) is 17.2 Å². The minimum absolute atomic E-state index is 0.0535. The van der Waals surface area contributed by atoms with Gasteiger partial charge in [0.05, 0.1) is 23.5 Å². The van der Waals surface area contributed by atoms with E-state index in [0.717, 1.165) is 30.9 Å². The number of hydrazone groups is 1. The molecular weight excluding hydrogens is 408 g/mol. The number of hydrogen-bond acceptors (Lipinski definition) is 7. The van der Waals surface area contributed by atoms with Gasteiger partial charge < -0.3 is 16.0 Å². The van der Waals surface area contributed by atoms with Crippen LogP contribution >= 0.6 is 0 Å². The number of nitrogens with zero attached hydrogens (tertiary/aromatic N) is 4. The number of nitrogens with one attached hydrogen (secondary N) is 1. The van der Waals surface area contributed by atoms with Crippen molar-refractivity contribution in [1.29, 1.82) is 0 Å². The fraction of sp³-hybridized carbons (Fsp3) is 0.348. The summed E-state index contributed by atoms with van der Waals surface area (Å²) in [7, 11) is 0. The monoisotopic (exact) mass is 434 g/mol. The maximum Gasteiger partial charge on any atom is 0.272 e. The van der Waals surface area contributed by atoms with E-state index >= 15 is 0 Å². The lowest BCUT2D eigenvalue weighted by atomic mass is 9.97. The lowest BCUT2D eigenvalue weighted by molar-refractivity contribution is -0.122. The first-order valence-electron chi connectivity index (χ1n) is 10.7. The summed E-state index contributed by atoms with van der Waals surface area (Å²) in [5, 5.41) is 8.83. The zero-order valence-corrected chi connectivity index (χ0v) is 17.9. The smallest absolute Gasteiger partial charge is 0.272 e. The number of aromatic nitrogens is 1. The van der Waals surface area contributed by atoms with Gasteiger partial charge in [-0.25, -0.2) is 4.98 Å². The molecule has 4 rings (SSSR count). The second-order valence-corrected chi connectivity index (χ2v) is 8.10. The topological polar surface area (TPSA) is 121 Å². The van der Waals surface area contributed by atoms with E-state index in [1.54, 1.807) is 17.3 Å². The van der Waals surface area contributed by atoms with E-state index < -0.39 is 6.04 Å². The van der Waals surface area contributed by atoms with Gasteiger partial charge in [0, 0.05) is 19.5 Å². The van der Waals surface area contributed by atoms with Gasteiger partial charge >= 0.3 is 0 Å². The van der Waals surface area contributed by atoms with Crippen LogP contribution in [0.25, 0.3) is 0 Å². The van der Waals surface area contributed by atoms with Crippen molar-refractivity contribution in [2.75, 3.05) is 28.3 Å². The second-order valence-electron chi connectivity index (χ2n) is 8.10. The number of ketones is 1. The van der Waals surface area contributed by atoms with E-state index in [-0.39, 0.29) is 29.9 Å². The van der Waals surface area contributed by atoms with Crippen molar-refractivity contribution in [3.8, 4) is 0 Å². The summed E-state index contributed by atoms with van der Waals surface area (Å²) in [5.41, 5.74) is 7.03. The van der Waals surface area contributed by atoms with Crippen molar-refractivity contribution >= 4 is 40.5 Å². The number of primary amides is 1. The van der Waals surface area contributed by atoms with E-state index in [9.17, 15) is 14.4 Å². The minimum atomic E-state index is -0.504. The number of pyridine rings is 1. The van der Waals surface area contributed by atoms with Crippen LogP contribution in [0, 0.1) is 5.92 Å². The molecule has 0 bridgehead atoms. The van der Waals surface area contributed by atoms with E-state index in [1.165, 1.54) is 6.92 Å². The molecule has 32 heavy (non-hydrogen) atoms. The first-order chi connectivity index (χ1) is 15.4. The molecule has 2 aromatic rings. The molecular formula is C23H26N6O3. The number of hydrogen-bond donors (Lipinski definition) is 2. The van der Waals surface area contributed by atoms with Gasteiger partial charge in [0.2, 0.25) is 5.91 Å². The lowest BCUT2D eigenvalue weighted by Gasteiger charge is -2.32. The average Bonchev–Trinajstić information content (AvgIpc) is 3.26. The number of nitrogens with two attached hydrogens (primary N) is 1. The van der Waals surface area contributed by atoms with Crippen LogP contribution in [0.15, 0.2) is 53.8 Å². The largest absolute Gasteiger partial charge is 0.369 e. The molecule has 0 aliphatic carbocycles. The third kappa shape index (κ3) is 4.61. The molecule has 2 aliphatic rings. The zero-order valence-electron chi connectivity index (χ0n) is 17.9. The third-order valence-electron chi connectivity index (χ3n) is 5.82. The Morgan fingerprint density at radius 1 is 1.12 bits per heavy atom. The van der Waals surface area contributed by atoms with E-state index in [1.807, 2.05) is 41.3 Å². The third-order valence-corrected chi connectivity index (χ3v) is 5.82. The Hall–Kier alpha value is -3.75. The highest BCUT2D eigenvalue weighted by molar-refractivity contribution is 6.44. The molecule has 1 saturated heterocycles. The highest BCUT2D eigenvalue weighted by Crippen LogP contribution is 2.26. The zero-order chi connectivity index (χ0) is 22.7. The quantitative estimate of drug-likeness (QED) is 0.717. The summed E-state index contributed by atoms with van der Waals surface area (Å²) >= 11 is 0. The van der Waals surface area contributed by atoms with Gasteiger partial charge in [0.15, 0.2) is 5.78 Å². The molecule has 2 atom stereocenters. The SMILES string of the molecule is CC(=O)C1CC(C(=O)Nc2ccc(N3CCCC(C(N)=O)C3)nc2)=NN1c1ccccc1. The van der Waals surface area contributed by atoms with Crippen molar-refractivity contribution in [2.24, 2.45) is 16.8 Å². The Bertz CT molecular complexity index is 1040. The maximum absolute atomic E-state index is 12.8. The summed E-state index contributed by atoms with van der Waals surface area (Å²) in [6.45, 7) is 2.86. The number of para-hydroxylation sites is 1. The van der Waals surface area contributed by atoms with Gasteiger partial charge in [-0.05, 0) is 44.0 Å². The second kappa shape index (κ2) is 9.17. The first kappa shape index (κ1) is 21.5. The van der Waals surface area contributed by atoms with E-state index in [0.29, 0.717) is 17.9 Å². The highest BCUT2D eigenvalue weighted by Gasteiger charge is 2.34. The maximum atomic E-state index is 12.8. The van der Waals surface area contributed by atoms with Crippen LogP contribution in [0.2, 0.25) is 0 Å². The van der Waals surface area contributed by atoms with E-state index in [4.69, 9.17) is 5.73 Å². The number of rotatable bonds is 6. The summed E-state index contributed by atoms with van der Waals surface area (Å²) < 4.78 is 0. The Morgan fingerprint density at radius 3 is 2.56 bits per heavy atom. The number of benzene rings is 1. The van der Waals surface area contributed by atoms with Crippen LogP contribution in [-0.2, 0) is 14.4 Å². The summed E-state index contributed by atoms with van der Waals surface area (Å²) in [6.07, 6.45) is 3.49. The number of piperidine rings is 1. The summed E-state index contributed by atoms with van der Waals surface area (Å²) in [6, 6.07) is 12.4. The number of Topliss-reactive ketones (excluding diaryl/α,β-unsaturated/α-hetero) is 1. The molecule has 2 amide bonds. The fourth-order valence-corrected chi connectivity index (χ4v) is 4.05. The molecule has 166 valence electrons. The molecule has 2 aliphatic heterocycles. The Morgan fingerprint density at radius 2 is 1.91 bits per heavy atom. The van der Waals surface area contributed by atoms with Crippen molar-refractivity contribution in [3.63, 3.8) is 0 Å². The van der Waals surface area contributed by atoms with Crippen molar-refractivity contribution in [1.82, 2.24) is 4.98 Å². The fourth-order valence-electron chi connectivity index (χ4n) is 4.05. The van der Waals surface area contributed by atoms with Crippen LogP contribution in [0.1, 0.15) is 26.2 Å². The highest BCUT2D eigenvalue weighted by atomic mass is 16.2. The predicted octanol–water partition coefficient (Wildman–Crippen LogP) is 1.95. The molecule has 0 spiro atoms. The molecule has 0 radical (unpaired) electrons. The minimum Gasteiger partial charge on any atom is -0.369 e. The standard InChI is InChI=1S/C23H26N6O3/c1-15(30)20-12-19(27-29(20)18-7-3-2-4-8-18)23(32)26-17-9-10-21(25-13-17)28-11-5-6-16(14-28)22(24)31/h2-4,7-10,13,16,20H,5-6,11-12,14H2,1H3,(H2,24,31)(H,26,32). The van der Waals surface area contributed by atoms with Crippen LogP contribution in [0.5, 0.6) is 0 Å². The van der Waals surface area contributed by atoms with Gasteiger partial charge in [-0.15, -0.1) is 0 Å². The number of amides is 2. The molecule has 1 aromatic heterocycles. The molecule has 3 heterocycles. The number of anilines is 3. The molecule has 9 nitrogen and oxygen atoms in total. The lowest BCUT2D eigenvalue weighted by Crippen LogP contribution is -2.41. The molecule has 3 N–H and O–H groups in total. The molecule has 9 heteroatoms. The summed E-state index contributed by atoms with van der Waals surface area (Å²) in [5.74, 6) is -0.145. The van der Waals surface area contributed by atoms with Crippen molar-refractivity contribution in [2.45, 2.75) is 32.2 Å². The van der Waals surface area contributed by atoms with Crippen molar-refractivity contribution in [3.05, 3.63) is 48.7 Å². The molecule has 0 saturated carbocycles. The van der Waals surface area contributed by atoms with Gasteiger partial charge in [0.1, 0.15) is 17.6 Å². The van der Waals surface area contributed by atoms with Crippen LogP contribution < -0.4 is 21.0 Å². The van der Waals surface area contributed by atoms with Gasteiger partial charge in [-0.2, -0.15) is 5.10 Å². The van der Waals surface area contributed by atoms with Crippen LogP contribution in [-0.4, -0.2) is 47.4 Å². The van der Waals surface area contributed by atoms with Gasteiger partial charge in [-0.1, -0.05) is 18.2 Å². The Balaban J connectivity index is 1.43. The van der Waals surface area contributed by atoms with E-state index in [2.05, 4.69) is 15.4 Å². The van der Waals surface area contributed by atoms with Crippen LogP contribution in [0.3, 0.4) is 0 Å². The molecule has 1 fully saturated rings. The normalized spacial score (nSPS) is 20.6. The Kier molecular flexibility index (Phi) is 6.16. The Labute approximate surface area is 186 Å². The first-order valence-corrected chi connectivity index (χ1v) is 10.7. The van der Waals surface area contributed by atoms with Gasteiger partial charge in [-0.3, -0.25) is 19.4 Å². The molecule has 2 unspecified atom stereocenters. The summed E-state index contributed by atoms with van der Waals surface area (Å²) in [4.78, 5) is 42.9. The number of carbonyl (C=O) groups is 3.